The quantitative estimate of drug-likeness (QED) is 0.867. The van der Waals surface area contributed by atoms with Crippen molar-refractivity contribution in [3.05, 3.63) is 45.5 Å². The number of rotatable bonds is 3. The molecule has 0 radical (unpaired) electrons. The molecular weight excluding hydrogens is 340 g/mol. The van der Waals surface area contributed by atoms with Crippen LogP contribution in [-0.4, -0.2) is 25.8 Å². The first-order valence-corrected chi connectivity index (χ1v) is 6.13. The van der Waals surface area contributed by atoms with E-state index in [1.807, 2.05) is 0 Å². The summed E-state index contributed by atoms with van der Waals surface area (Å²) in [6, 6.07) is 4.69. The molecule has 5 nitrogen and oxygen atoms in total. The summed E-state index contributed by atoms with van der Waals surface area (Å²) in [7, 11) is 0. The molecule has 2 aromatic rings. The number of nitrogens with zero attached hydrogens (tertiary/aromatic N) is 3. The molecule has 0 saturated carbocycles. The van der Waals surface area contributed by atoms with Gasteiger partial charge in [0.15, 0.2) is 5.82 Å². The SMILES string of the molecule is O=C(O)/C(F)=C/c1cc(Br)nn1-c1ncccc1Cl. The maximum Gasteiger partial charge on any atom is 0.364 e. The highest BCUT2D eigenvalue weighted by Gasteiger charge is 2.13. The second-order valence-electron chi connectivity index (χ2n) is 3.41. The smallest absolute Gasteiger partial charge is 0.364 e. The summed E-state index contributed by atoms with van der Waals surface area (Å²) in [4.78, 5) is 14.5. The average Bonchev–Trinajstić information content (AvgIpc) is 2.70. The van der Waals surface area contributed by atoms with E-state index >= 15 is 0 Å². The van der Waals surface area contributed by atoms with Crippen LogP contribution in [0.4, 0.5) is 4.39 Å². The first kappa shape index (κ1) is 13.7. The fourth-order valence-electron chi connectivity index (χ4n) is 1.36. The highest BCUT2D eigenvalue weighted by Crippen LogP contribution is 2.22. The van der Waals surface area contributed by atoms with Crippen LogP contribution in [0.15, 0.2) is 34.8 Å². The fourth-order valence-corrected chi connectivity index (χ4v) is 1.96. The minimum Gasteiger partial charge on any atom is -0.476 e. The summed E-state index contributed by atoms with van der Waals surface area (Å²) < 4.78 is 14.8. The van der Waals surface area contributed by atoms with Crippen molar-refractivity contribution in [3.63, 3.8) is 0 Å². The summed E-state index contributed by atoms with van der Waals surface area (Å²) in [6.45, 7) is 0. The van der Waals surface area contributed by atoms with E-state index in [0.29, 0.717) is 9.63 Å². The predicted octanol–water partition coefficient (Wildman–Crippen LogP) is 3.08. The third-order valence-corrected chi connectivity index (χ3v) is 2.81. The van der Waals surface area contributed by atoms with Gasteiger partial charge in [-0.1, -0.05) is 11.6 Å². The zero-order valence-electron chi connectivity index (χ0n) is 9.22. The number of aliphatic carboxylic acids is 1. The largest absolute Gasteiger partial charge is 0.476 e. The lowest BCUT2D eigenvalue weighted by Gasteiger charge is -2.04. The standard InChI is InChI=1S/C11H6BrClFN3O2/c12-9-5-6(4-8(14)11(18)19)17(16-9)10-7(13)2-1-3-15-10/h1-5H,(H,18,19)/b8-4-. The van der Waals surface area contributed by atoms with Crippen LogP contribution in [-0.2, 0) is 4.79 Å². The third-order valence-electron chi connectivity index (χ3n) is 2.13. The number of aromatic nitrogens is 3. The second-order valence-corrected chi connectivity index (χ2v) is 4.63. The minimum atomic E-state index is -1.66. The summed E-state index contributed by atoms with van der Waals surface area (Å²) in [6.07, 6.45) is 2.34. The predicted molar refractivity (Wildman–Crippen MR) is 70.8 cm³/mol. The van der Waals surface area contributed by atoms with Gasteiger partial charge in [-0.2, -0.15) is 9.49 Å². The molecule has 0 fully saturated rings. The van der Waals surface area contributed by atoms with E-state index in [1.54, 1.807) is 12.1 Å². The van der Waals surface area contributed by atoms with Gasteiger partial charge in [-0.3, -0.25) is 0 Å². The summed E-state index contributed by atoms with van der Waals surface area (Å²) in [5, 5.41) is 12.9. The molecule has 2 aromatic heterocycles. The highest BCUT2D eigenvalue weighted by atomic mass is 79.9. The van der Waals surface area contributed by atoms with Gasteiger partial charge in [-0.25, -0.2) is 14.5 Å². The molecule has 0 aromatic carbocycles. The number of carbonyl (C=O) groups is 1. The van der Waals surface area contributed by atoms with E-state index in [9.17, 15) is 9.18 Å². The Hall–Kier alpha value is -1.73. The normalized spacial score (nSPS) is 11.6. The number of carboxylic acid groups (broad SMARTS) is 1. The van der Waals surface area contributed by atoms with Crippen molar-refractivity contribution in [2.24, 2.45) is 0 Å². The Balaban J connectivity index is 2.57. The monoisotopic (exact) mass is 345 g/mol. The van der Waals surface area contributed by atoms with Crippen LogP contribution in [0.25, 0.3) is 11.9 Å². The molecule has 0 saturated heterocycles. The molecule has 0 amide bonds. The third kappa shape index (κ3) is 2.99. The van der Waals surface area contributed by atoms with Crippen LogP contribution in [0.2, 0.25) is 5.02 Å². The minimum absolute atomic E-state index is 0.201. The van der Waals surface area contributed by atoms with Crippen molar-refractivity contribution in [1.29, 1.82) is 0 Å². The molecule has 0 spiro atoms. The Labute approximate surface area is 120 Å². The second kappa shape index (κ2) is 5.50. The summed E-state index contributed by atoms with van der Waals surface area (Å²) in [5.41, 5.74) is 0.201. The lowest BCUT2D eigenvalue weighted by Crippen LogP contribution is -2.03. The Morgan fingerprint density at radius 2 is 2.32 bits per heavy atom. The van der Waals surface area contributed by atoms with Crippen molar-refractivity contribution in [3.8, 4) is 5.82 Å². The number of hydrogen-bond acceptors (Lipinski definition) is 3. The first-order chi connectivity index (χ1) is 8.99. The molecular formula is C11H6BrClFN3O2. The van der Waals surface area contributed by atoms with Crippen LogP contribution in [0.1, 0.15) is 5.69 Å². The Morgan fingerprint density at radius 1 is 1.58 bits per heavy atom. The van der Waals surface area contributed by atoms with Crippen LogP contribution in [0.3, 0.4) is 0 Å². The average molecular weight is 347 g/mol. The molecule has 0 atom stereocenters. The topological polar surface area (TPSA) is 68.0 Å². The van der Waals surface area contributed by atoms with Gasteiger partial charge in [0, 0.05) is 12.3 Å². The van der Waals surface area contributed by atoms with Crippen LogP contribution < -0.4 is 0 Å². The molecule has 2 rings (SSSR count). The lowest BCUT2D eigenvalue weighted by atomic mass is 10.3. The van der Waals surface area contributed by atoms with Crippen molar-refractivity contribution in [2.75, 3.05) is 0 Å². The molecule has 0 aliphatic rings. The molecule has 2 heterocycles. The summed E-state index contributed by atoms with van der Waals surface area (Å²) in [5.74, 6) is -2.68. The van der Waals surface area contributed by atoms with E-state index in [2.05, 4.69) is 26.0 Å². The highest BCUT2D eigenvalue weighted by molar-refractivity contribution is 9.10. The van der Waals surface area contributed by atoms with Crippen LogP contribution >= 0.6 is 27.5 Å². The Morgan fingerprint density at radius 3 is 2.95 bits per heavy atom. The Bertz CT molecular complexity index is 672. The maximum atomic E-state index is 13.2. The van der Waals surface area contributed by atoms with Gasteiger partial charge in [0.05, 0.1) is 10.7 Å². The van der Waals surface area contributed by atoms with Gasteiger partial charge >= 0.3 is 5.97 Å². The van der Waals surface area contributed by atoms with E-state index in [-0.39, 0.29) is 11.5 Å². The molecule has 98 valence electrons. The van der Waals surface area contributed by atoms with Gasteiger partial charge < -0.3 is 5.11 Å². The molecule has 0 bridgehead atoms. The number of hydrogen-bond donors (Lipinski definition) is 1. The van der Waals surface area contributed by atoms with Crippen LogP contribution in [0.5, 0.6) is 0 Å². The first-order valence-electron chi connectivity index (χ1n) is 4.96. The number of carboxylic acids is 1. The van der Waals surface area contributed by atoms with E-state index in [1.165, 1.54) is 16.9 Å². The Kier molecular flexibility index (Phi) is 3.96. The van der Waals surface area contributed by atoms with Gasteiger partial charge in [-0.15, -0.1) is 0 Å². The number of pyridine rings is 1. The fraction of sp³-hybridized carbons (Fsp3) is 0. The van der Waals surface area contributed by atoms with Crippen molar-refractivity contribution < 1.29 is 14.3 Å². The van der Waals surface area contributed by atoms with Crippen LogP contribution in [0, 0.1) is 0 Å². The zero-order valence-corrected chi connectivity index (χ0v) is 11.6. The molecule has 0 aliphatic heterocycles. The van der Waals surface area contributed by atoms with E-state index in [4.69, 9.17) is 16.7 Å². The lowest BCUT2D eigenvalue weighted by molar-refractivity contribution is -0.134. The van der Waals surface area contributed by atoms with Gasteiger partial charge in [0.25, 0.3) is 0 Å². The van der Waals surface area contributed by atoms with E-state index in [0.717, 1.165) is 6.08 Å². The molecule has 8 heteroatoms. The van der Waals surface area contributed by atoms with Gasteiger partial charge in [0.1, 0.15) is 4.60 Å². The van der Waals surface area contributed by atoms with Gasteiger partial charge in [0.2, 0.25) is 5.83 Å². The van der Waals surface area contributed by atoms with Crippen molar-refractivity contribution in [2.45, 2.75) is 0 Å². The van der Waals surface area contributed by atoms with Crippen molar-refractivity contribution in [1.82, 2.24) is 14.8 Å². The maximum absolute atomic E-state index is 13.2. The molecule has 19 heavy (non-hydrogen) atoms. The molecule has 1 N–H and O–H groups in total. The van der Waals surface area contributed by atoms with Gasteiger partial charge in [-0.05, 0) is 34.1 Å². The molecule has 0 unspecified atom stereocenters. The van der Waals surface area contributed by atoms with E-state index < -0.39 is 11.8 Å². The van der Waals surface area contributed by atoms with Crippen molar-refractivity contribution >= 4 is 39.6 Å². The molecule has 0 aliphatic carbocycles. The number of halogens is 3. The zero-order chi connectivity index (χ0) is 14.0. The summed E-state index contributed by atoms with van der Waals surface area (Å²) >= 11 is 9.10.